The molecule has 0 aliphatic carbocycles. The van der Waals surface area contributed by atoms with Crippen LogP contribution in [0.4, 0.5) is 0 Å². The Labute approximate surface area is 104 Å². The summed E-state index contributed by atoms with van der Waals surface area (Å²) in [5, 5.41) is 3.77. The van der Waals surface area contributed by atoms with Crippen molar-refractivity contribution in [2.24, 2.45) is 0 Å². The van der Waals surface area contributed by atoms with Crippen molar-refractivity contribution in [3.63, 3.8) is 0 Å². The Balaban J connectivity index is 1.72. The first-order valence-electron chi connectivity index (χ1n) is 6.71. The lowest BCUT2D eigenvalue weighted by Crippen LogP contribution is -2.44. The molecule has 0 aromatic rings. The van der Waals surface area contributed by atoms with Gasteiger partial charge in [-0.05, 0) is 44.8 Å². The molecule has 94 valence electrons. The van der Waals surface area contributed by atoms with Crippen LogP contribution in [0.2, 0.25) is 0 Å². The molecule has 0 amide bonds. The van der Waals surface area contributed by atoms with E-state index in [4.69, 9.17) is 4.74 Å². The molecule has 0 aromatic carbocycles. The maximum absolute atomic E-state index is 5.71. The first kappa shape index (κ1) is 12.7. The lowest BCUT2D eigenvalue weighted by Gasteiger charge is -2.32. The zero-order chi connectivity index (χ0) is 11.4. The predicted octanol–water partition coefficient (Wildman–Crippen LogP) is 2.82. The topological polar surface area (TPSA) is 21.3 Å². The fourth-order valence-corrected chi connectivity index (χ4v) is 3.94. The van der Waals surface area contributed by atoms with Crippen LogP contribution in [-0.4, -0.2) is 35.8 Å². The molecule has 0 aromatic heterocycles. The fraction of sp³-hybridized carbons (Fsp3) is 1.00. The molecule has 0 radical (unpaired) electrons. The van der Waals surface area contributed by atoms with Crippen molar-refractivity contribution in [2.75, 3.05) is 18.9 Å². The summed E-state index contributed by atoms with van der Waals surface area (Å²) in [6.07, 6.45) is 6.83. The third-order valence-electron chi connectivity index (χ3n) is 3.89. The monoisotopic (exact) mass is 243 g/mol. The van der Waals surface area contributed by atoms with Crippen LogP contribution < -0.4 is 5.32 Å². The maximum atomic E-state index is 5.71. The minimum Gasteiger partial charge on any atom is -0.378 e. The van der Waals surface area contributed by atoms with Crippen molar-refractivity contribution in [1.29, 1.82) is 0 Å². The highest BCUT2D eigenvalue weighted by Gasteiger charge is 2.30. The molecule has 2 heterocycles. The van der Waals surface area contributed by atoms with E-state index in [1.807, 2.05) is 0 Å². The average molecular weight is 243 g/mol. The van der Waals surface area contributed by atoms with E-state index < -0.39 is 0 Å². The Morgan fingerprint density at radius 1 is 1.50 bits per heavy atom. The highest BCUT2D eigenvalue weighted by molar-refractivity contribution is 8.00. The van der Waals surface area contributed by atoms with Gasteiger partial charge in [0.25, 0.3) is 0 Å². The summed E-state index contributed by atoms with van der Waals surface area (Å²) in [5.41, 5.74) is 0. The Morgan fingerprint density at radius 2 is 2.38 bits per heavy atom. The van der Waals surface area contributed by atoms with E-state index in [0.29, 0.717) is 16.9 Å². The molecule has 3 unspecified atom stereocenters. The summed E-state index contributed by atoms with van der Waals surface area (Å²) < 4.78 is 6.21. The molecule has 2 rings (SSSR count). The van der Waals surface area contributed by atoms with Crippen LogP contribution in [0.15, 0.2) is 0 Å². The van der Waals surface area contributed by atoms with Crippen molar-refractivity contribution in [3.05, 3.63) is 0 Å². The number of hydrogen-bond acceptors (Lipinski definition) is 3. The van der Waals surface area contributed by atoms with E-state index in [2.05, 4.69) is 30.9 Å². The molecule has 3 heteroatoms. The van der Waals surface area contributed by atoms with Gasteiger partial charge in [0.2, 0.25) is 0 Å². The molecule has 2 saturated heterocycles. The van der Waals surface area contributed by atoms with Crippen molar-refractivity contribution >= 4 is 11.8 Å². The predicted molar refractivity (Wildman–Crippen MR) is 71.2 cm³/mol. The molecular formula is C13H25NOS. The summed E-state index contributed by atoms with van der Waals surface area (Å²) >= 11 is 2.15. The molecule has 0 saturated carbocycles. The van der Waals surface area contributed by atoms with Gasteiger partial charge < -0.3 is 10.1 Å². The highest BCUT2D eigenvalue weighted by Crippen LogP contribution is 2.37. The minimum absolute atomic E-state index is 0.496. The van der Waals surface area contributed by atoms with Gasteiger partial charge in [0.15, 0.2) is 0 Å². The molecule has 2 nitrogen and oxygen atoms in total. The summed E-state index contributed by atoms with van der Waals surface area (Å²) in [4.78, 5) is 0. The fourth-order valence-electron chi connectivity index (χ4n) is 2.69. The smallest absolute Gasteiger partial charge is 0.0587 e. The second-order valence-corrected chi connectivity index (χ2v) is 7.09. The second-order valence-electron chi connectivity index (χ2n) is 5.41. The zero-order valence-electron chi connectivity index (χ0n) is 10.6. The zero-order valence-corrected chi connectivity index (χ0v) is 11.4. The largest absolute Gasteiger partial charge is 0.378 e. The number of hydrogen-bond donors (Lipinski definition) is 1. The van der Waals surface area contributed by atoms with Gasteiger partial charge in [0.05, 0.1) is 6.10 Å². The van der Waals surface area contributed by atoms with Crippen molar-refractivity contribution in [1.82, 2.24) is 5.32 Å². The summed E-state index contributed by atoms with van der Waals surface area (Å²) in [6, 6.07) is 0.691. The van der Waals surface area contributed by atoms with E-state index in [-0.39, 0.29) is 0 Å². The quantitative estimate of drug-likeness (QED) is 0.820. The summed E-state index contributed by atoms with van der Waals surface area (Å²) in [5.74, 6) is 1.35. The Bertz CT molecular complexity index is 216. The van der Waals surface area contributed by atoms with Crippen molar-refractivity contribution < 1.29 is 4.74 Å². The third kappa shape index (κ3) is 3.38. The van der Waals surface area contributed by atoms with Gasteiger partial charge in [-0.15, -0.1) is 0 Å². The molecule has 0 bridgehead atoms. The van der Waals surface area contributed by atoms with E-state index in [1.165, 1.54) is 38.0 Å². The van der Waals surface area contributed by atoms with Gasteiger partial charge in [0.1, 0.15) is 0 Å². The van der Waals surface area contributed by atoms with Gasteiger partial charge in [-0.1, -0.05) is 6.92 Å². The molecule has 16 heavy (non-hydrogen) atoms. The van der Waals surface area contributed by atoms with Gasteiger partial charge >= 0.3 is 0 Å². The molecule has 2 fully saturated rings. The van der Waals surface area contributed by atoms with E-state index in [0.717, 1.165) is 13.0 Å². The average Bonchev–Trinajstić information content (AvgIpc) is 2.75. The SMILES string of the molecule is CCC1CC(NCC2(C)CCCS2)CCO1. The summed E-state index contributed by atoms with van der Waals surface area (Å²) in [7, 11) is 0. The van der Waals surface area contributed by atoms with Crippen molar-refractivity contribution in [3.8, 4) is 0 Å². The van der Waals surface area contributed by atoms with Crippen LogP contribution in [0.3, 0.4) is 0 Å². The molecular weight excluding hydrogens is 218 g/mol. The normalized spacial score (nSPS) is 40.1. The third-order valence-corrected chi connectivity index (χ3v) is 5.43. The second kappa shape index (κ2) is 5.74. The van der Waals surface area contributed by atoms with Crippen LogP contribution in [-0.2, 0) is 4.74 Å². The first-order valence-corrected chi connectivity index (χ1v) is 7.69. The Morgan fingerprint density at radius 3 is 3.06 bits per heavy atom. The molecule has 2 aliphatic heterocycles. The van der Waals surface area contributed by atoms with Crippen LogP contribution in [0.5, 0.6) is 0 Å². The van der Waals surface area contributed by atoms with Gasteiger partial charge in [0, 0.05) is 23.9 Å². The van der Waals surface area contributed by atoms with E-state index in [1.54, 1.807) is 0 Å². The molecule has 0 spiro atoms. The van der Waals surface area contributed by atoms with Gasteiger partial charge in [-0.25, -0.2) is 0 Å². The number of ether oxygens (including phenoxy) is 1. The maximum Gasteiger partial charge on any atom is 0.0587 e. The first-order chi connectivity index (χ1) is 7.72. The molecule has 2 aliphatic rings. The van der Waals surface area contributed by atoms with Crippen LogP contribution in [0, 0.1) is 0 Å². The highest BCUT2D eigenvalue weighted by atomic mass is 32.2. The van der Waals surface area contributed by atoms with Crippen LogP contribution in [0.25, 0.3) is 0 Å². The van der Waals surface area contributed by atoms with Crippen LogP contribution in [0.1, 0.15) is 46.0 Å². The van der Waals surface area contributed by atoms with Gasteiger partial charge in [-0.2, -0.15) is 11.8 Å². The number of nitrogens with one attached hydrogen (secondary N) is 1. The lowest BCUT2D eigenvalue weighted by molar-refractivity contribution is -0.000287. The number of rotatable bonds is 4. The van der Waals surface area contributed by atoms with Gasteiger partial charge in [-0.3, -0.25) is 0 Å². The van der Waals surface area contributed by atoms with Crippen molar-refractivity contribution in [2.45, 2.75) is 62.8 Å². The lowest BCUT2D eigenvalue weighted by atomic mass is 9.99. The Kier molecular flexibility index (Phi) is 4.57. The van der Waals surface area contributed by atoms with E-state index >= 15 is 0 Å². The van der Waals surface area contributed by atoms with E-state index in [9.17, 15) is 0 Å². The minimum atomic E-state index is 0.496. The standard InChI is InChI=1S/C13H25NOS/c1-3-12-9-11(5-7-15-12)14-10-13(2)6-4-8-16-13/h11-12,14H,3-10H2,1-2H3. The Hall–Kier alpha value is 0.270. The van der Waals surface area contributed by atoms with Crippen LogP contribution >= 0.6 is 11.8 Å². The number of thioether (sulfide) groups is 1. The molecule has 1 N–H and O–H groups in total. The summed E-state index contributed by atoms with van der Waals surface area (Å²) in [6.45, 7) is 6.76. The molecule has 3 atom stereocenters.